The number of rotatable bonds is 7. The second-order valence-electron chi connectivity index (χ2n) is 9.70. The summed E-state index contributed by atoms with van der Waals surface area (Å²) >= 11 is 0. The average Bonchev–Trinajstić information content (AvgIpc) is 3.70. The number of amides is 2. The van der Waals surface area contributed by atoms with Crippen LogP contribution in [0.1, 0.15) is 40.0 Å². The number of hydrogen-bond donors (Lipinski definition) is 2. The summed E-state index contributed by atoms with van der Waals surface area (Å²) in [6, 6.07) is 24.7. The molecule has 3 heterocycles. The first-order chi connectivity index (χ1) is 18.6. The molecule has 2 N–H and O–H groups in total. The first-order valence-corrected chi connectivity index (χ1v) is 12.9. The molecular weight excluding hydrogens is 478 g/mol. The van der Waals surface area contributed by atoms with Gasteiger partial charge in [-0.15, -0.1) is 0 Å². The van der Waals surface area contributed by atoms with E-state index in [1.807, 2.05) is 42.5 Å². The van der Waals surface area contributed by atoms with Crippen molar-refractivity contribution in [3.05, 3.63) is 101 Å². The lowest BCUT2D eigenvalue weighted by molar-refractivity contribution is -0.131. The minimum Gasteiger partial charge on any atom is -0.457 e. The van der Waals surface area contributed by atoms with Crippen LogP contribution in [0.2, 0.25) is 0 Å². The number of ether oxygens (including phenoxy) is 1. The number of aromatic amines is 1. The van der Waals surface area contributed by atoms with Gasteiger partial charge in [-0.25, -0.2) is 0 Å². The summed E-state index contributed by atoms with van der Waals surface area (Å²) in [6.45, 7) is 3.04. The van der Waals surface area contributed by atoms with Crippen molar-refractivity contribution in [2.24, 2.45) is 0 Å². The molecule has 4 aromatic rings. The summed E-state index contributed by atoms with van der Waals surface area (Å²) in [7, 11) is 0. The Bertz CT molecular complexity index is 1430. The van der Waals surface area contributed by atoms with E-state index < -0.39 is 0 Å². The topological polar surface area (TPSA) is 90.6 Å². The Morgan fingerprint density at radius 3 is 2.32 bits per heavy atom. The van der Waals surface area contributed by atoms with E-state index >= 15 is 0 Å². The van der Waals surface area contributed by atoms with Crippen molar-refractivity contribution in [2.75, 3.05) is 23.3 Å². The molecule has 2 aliphatic rings. The van der Waals surface area contributed by atoms with Crippen LogP contribution in [-0.4, -0.2) is 40.0 Å². The number of para-hydroxylation sites is 1. The Balaban J connectivity index is 1.05. The highest BCUT2D eigenvalue weighted by molar-refractivity contribution is 6.04. The van der Waals surface area contributed by atoms with E-state index in [2.05, 4.69) is 32.5 Å². The molecule has 0 unspecified atom stereocenters. The summed E-state index contributed by atoms with van der Waals surface area (Å²) < 4.78 is 5.80. The fourth-order valence-electron chi connectivity index (χ4n) is 4.98. The minimum atomic E-state index is -0.259. The van der Waals surface area contributed by atoms with E-state index in [4.69, 9.17) is 4.74 Å². The molecule has 3 aromatic carbocycles. The number of fused-ring (bicyclic) bond motifs is 1. The number of aromatic nitrogens is 2. The van der Waals surface area contributed by atoms with Gasteiger partial charge in [-0.2, -0.15) is 5.10 Å². The third-order valence-electron chi connectivity index (χ3n) is 7.09. The average molecular weight is 508 g/mol. The van der Waals surface area contributed by atoms with Crippen LogP contribution in [0.15, 0.2) is 78.9 Å². The minimum absolute atomic E-state index is 0.0446. The second-order valence-corrected chi connectivity index (χ2v) is 9.70. The molecule has 1 aromatic heterocycles. The van der Waals surface area contributed by atoms with Gasteiger partial charge in [0.15, 0.2) is 0 Å². The molecule has 2 amide bonds. The van der Waals surface area contributed by atoms with Crippen LogP contribution < -0.4 is 15.0 Å². The number of nitrogens with zero attached hydrogens (tertiary/aromatic N) is 3. The molecule has 192 valence electrons. The van der Waals surface area contributed by atoms with Gasteiger partial charge in [-0.1, -0.05) is 30.3 Å². The maximum absolute atomic E-state index is 13.0. The van der Waals surface area contributed by atoms with E-state index in [0.717, 1.165) is 35.7 Å². The molecule has 8 heteroatoms. The van der Waals surface area contributed by atoms with E-state index in [-0.39, 0.29) is 11.8 Å². The third-order valence-corrected chi connectivity index (χ3v) is 7.09. The first-order valence-electron chi connectivity index (χ1n) is 12.9. The van der Waals surface area contributed by atoms with E-state index in [0.29, 0.717) is 36.6 Å². The van der Waals surface area contributed by atoms with Gasteiger partial charge in [0.1, 0.15) is 17.3 Å². The first kappa shape index (κ1) is 23.8. The van der Waals surface area contributed by atoms with Crippen LogP contribution in [0.4, 0.5) is 11.5 Å². The number of carbonyl (C=O) groups is 2. The van der Waals surface area contributed by atoms with Crippen LogP contribution in [0.25, 0.3) is 0 Å². The Hall–Kier alpha value is -4.59. The summed E-state index contributed by atoms with van der Waals surface area (Å²) in [5.74, 6) is 1.69. The summed E-state index contributed by atoms with van der Waals surface area (Å²) in [4.78, 5) is 30.1. The largest absolute Gasteiger partial charge is 0.457 e. The van der Waals surface area contributed by atoms with Crippen LogP contribution in [0, 0.1) is 0 Å². The lowest BCUT2D eigenvalue weighted by Crippen LogP contribution is -2.27. The number of nitrogens with one attached hydrogen (secondary N) is 2. The van der Waals surface area contributed by atoms with Crippen molar-refractivity contribution in [3.8, 4) is 11.5 Å². The Kier molecular flexibility index (Phi) is 6.52. The van der Waals surface area contributed by atoms with Crippen LogP contribution in [0.5, 0.6) is 11.5 Å². The molecule has 0 radical (unpaired) electrons. The predicted octanol–water partition coefficient (Wildman–Crippen LogP) is 5.14. The molecule has 0 spiro atoms. The van der Waals surface area contributed by atoms with Crippen LogP contribution >= 0.6 is 0 Å². The monoisotopic (exact) mass is 507 g/mol. The maximum atomic E-state index is 13.0. The second kappa shape index (κ2) is 10.4. The zero-order valence-electron chi connectivity index (χ0n) is 21.0. The smallest absolute Gasteiger partial charge is 0.256 e. The highest BCUT2D eigenvalue weighted by Gasteiger charge is 2.29. The number of anilines is 2. The molecule has 0 atom stereocenters. The fraction of sp³-hybridized carbons (Fsp3) is 0.233. The molecule has 0 aliphatic carbocycles. The van der Waals surface area contributed by atoms with E-state index in [1.54, 1.807) is 29.2 Å². The number of H-pyrrole nitrogens is 1. The molecule has 38 heavy (non-hydrogen) atoms. The van der Waals surface area contributed by atoms with Gasteiger partial charge in [0, 0.05) is 29.9 Å². The Morgan fingerprint density at radius 1 is 0.868 bits per heavy atom. The van der Waals surface area contributed by atoms with Crippen LogP contribution in [0.3, 0.4) is 0 Å². The van der Waals surface area contributed by atoms with Crippen LogP contribution in [-0.2, 0) is 24.3 Å². The van der Waals surface area contributed by atoms with Crippen molar-refractivity contribution in [2.45, 2.75) is 32.4 Å². The lowest BCUT2D eigenvalue weighted by atomic mass is 10.1. The fourth-order valence-corrected chi connectivity index (χ4v) is 4.98. The van der Waals surface area contributed by atoms with Gasteiger partial charge < -0.3 is 19.9 Å². The molecule has 0 bridgehead atoms. The molecule has 2 aliphatic heterocycles. The van der Waals surface area contributed by atoms with Crippen molar-refractivity contribution in [1.29, 1.82) is 0 Å². The zero-order valence-corrected chi connectivity index (χ0v) is 21.0. The van der Waals surface area contributed by atoms with Crippen molar-refractivity contribution in [3.63, 3.8) is 0 Å². The van der Waals surface area contributed by atoms with Gasteiger partial charge >= 0.3 is 0 Å². The highest BCUT2D eigenvalue weighted by Crippen LogP contribution is 2.29. The van der Waals surface area contributed by atoms with Crippen molar-refractivity contribution in [1.82, 2.24) is 15.1 Å². The summed E-state index contributed by atoms with van der Waals surface area (Å²) in [6.07, 6.45) is 2.82. The zero-order chi connectivity index (χ0) is 25.9. The normalized spacial score (nSPS) is 14.4. The number of benzene rings is 3. The van der Waals surface area contributed by atoms with Gasteiger partial charge in [0.2, 0.25) is 5.91 Å². The Labute approximate surface area is 221 Å². The highest BCUT2D eigenvalue weighted by atomic mass is 16.5. The van der Waals surface area contributed by atoms with Gasteiger partial charge in [0.25, 0.3) is 5.91 Å². The van der Waals surface area contributed by atoms with E-state index in [9.17, 15) is 9.59 Å². The van der Waals surface area contributed by atoms with Gasteiger partial charge in [-0.05, 0) is 66.9 Å². The quantitative estimate of drug-likeness (QED) is 0.362. The van der Waals surface area contributed by atoms with Crippen molar-refractivity contribution < 1.29 is 14.3 Å². The predicted molar refractivity (Wildman–Crippen MR) is 145 cm³/mol. The molecule has 6 rings (SSSR count). The van der Waals surface area contributed by atoms with E-state index in [1.165, 1.54) is 18.5 Å². The maximum Gasteiger partial charge on any atom is 0.256 e. The number of carbonyl (C=O) groups excluding carboxylic acids is 2. The third kappa shape index (κ3) is 5.11. The molecule has 1 saturated heterocycles. The summed E-state index contributed by atoms with van der Waals surface area (Å²) in [5.41, 5.74) is 4.35. The molecule has 1 fully saturated rings. The van der Waals surface area contributed by atoms with Crippen molar-refractivity contribution >= 4 is 23.3 Å². The molecule has 8 nitrogen and oxygen atoms in total. The van der Waals surface area contributed by atoms with Gasteiger partial charge in [0.05, 0.1) is 25.2 Å². The number of hydrogen-bond acceptors (Lipinski definition) is 5. The standard InChI is InChI=1S/C30H29N5O3/c36-28(18-21-8-12-23(13-9-21)34-16-4-5-17-34)35-19-26-27(20-35)32-33-29(26)31-30(37)22-10-14-25(15-11-22)38-24-6-2-1-3-7-24/h1-3,6-15H,4-5,16-20H2,(H2,31,32,33,37). The molecular formula is C30H29N5O3. The SMILES string of the molecule is O=C(Nc1[nH]nc2c1CN(C(=O)Cc1ccc(N3CCCC3)cc1)C2)c1ccc(Oc2ccccc2)cc1. The summed E-state index contributed by atoms with van der Waals surface area (Å²) in [5, 5.41) is 10.2. The molecule has 0 saturated carbocycles. The Morgan fingerprint density at radius 2 is 1.58 bits per heavy atom. The lowest BCUT2D eigenvalue weighted by Gasteiger charge is -2.19. The van der Waals surface area contributed by atoms with Gasteiger partial charge in [-0.3, -0.25) is 14.7 Å².